The molecule has 338 valence electrons. The number of ether oxygens (including phenoxy) is 5. The average Bonchev–Trinajstić information content (AvgIpc) is 3.79. The molecule has 1 aliphatic heterocycles. The number of benzene rings is 1. The molecule has 10 N–H and O–H groups in total. The number of nitrogen functional groups attached to an aromatic ring is 1. The van der Waals surface area contributed by atoms with Gasteiger partial charge in [-0.05, 0) is 29.3 Å². The van der Waals surface area contributed by atoms with Crippen LogP contribution in [0.2, 0.25) is 0 Å². The standard InChI is InChI=1S/C30H42N13O16P3/c31-6-8-36-30(44)20-3-1-5-22(13-20)54-17-25(40-42-34)53-12-11-52-10-9-35-7-2-4-21-15-43(29-27(21)28(32)37-18-38-29)26-14-23(55-19-39-41-33)24(57-26)16-56-61(48,49)59-62(50,51)58-60(45,46)47/h1,3,5,13,15,18,23-26,35H,6-12,14,16-17,19,31H2,(H,36,44)(H,48,49)(H,50,51)(H2,32,37,38)(H2,45,46,47). The molecular weight excluding hydrogens is 891 g/mol. The van der Waals surface area contributed by atoms with Crippen LogP contribution in [0.4, 0.5) is 5.82 Å². The topological polar surface area (TPSA) is 427 Å². The van der Waals surface area contributed by atoms with Crippen molar-refractivity contribution in [3.05, 3.63) is 68.8 Å². The summed E-state index contributed by atoms with van der Waals surface area (Å²) in [5, 5.41) is 13.0. The van der Waals surface area contributed by atoms with Crippen molar-refractivity contribution >= 4 is 46.2 Å². The summed E-state index contributed by atoms with van der Waals surface area (Å²) in [7, 11) is -16.9. The third-order valence-electron chi connectivity index (χ3n) is 7.85. The van der Waals surface area contributed by atoms with E-state index in [0.29, 0.717) is 41.9 Å². The highest BCUT2D eigenvalue weighted by molar-refractivity contribution is 7.66. The number of amides is 1. The fourth-order valence-corrected chi connectivity index (χ4v) is 8.41. The zero-order valence-electron chi connectivity index (χ0n) is 32.3. The van der Waals surface area contributed by atoms with E-state index in [1.165, 1.54) is 17.0 Å². The Morgan fingerprint density at radius 2 is 1.90 bits per heavy atom. The highest BCUT2D eigenvalue weighted by atomic mass is 31.3. The van der Waals surface area contributed by atoms with Crippen LogP contribution in [0.5, 0.6) is 5.75 Å². The Bertz CT molecular complexity index is 2300. The van der Waals surface area contributed by atoms with E-state index in [9.17, 15) is 28.3 Å². The van der Waals surface area contributed by atoms with E-state index in [0.717, 1.165) is 0 Å². The SMILES string of the molecule is [N-]=[N+]=NCOC1CC(n2cc(C#CCNCCOCCOC(COc3cccc(C(=O)NCCN)c3)N=[N+]=[N-])c3c(N)ncnc32)OC1COP(=O)(O)OP(=O)(O)OP(=O)(O)O. The molecule has 62 heavy (non-hydrogen) atoms. The number of anilines is 1. The summed E-state index contributed by atoms with van der Waals surface area (Å²) in [5.74, 6) is 6.11. The lowest BCUT2D eigenvalue weighted by Gasteiger charge is -2.21. The van der Waals surface area contributed by atoms with Crippen LogP contribution in [0.3, 0.4) is 0 Å². The van der Waals surface area contributed by atoms with Gasteiger partial charge in [0.25, 0.3) is 5.91 Å². The second kappa shape index (κ2) is 24.2. The molecule has 1 saturated heterocycles. The van der Waals surface area contributed by atoms with Gasteiger partial charge < -0.3 is 69.9 Å². The molecule has 3 heterocycles. The quantitative estimate of drug-likeness (QED) is 0.0142. The third-order valence-corrected chi connectivity index (χ3v) is 11.7. The predicted octanol–water partition coefficient (Wildman–Crippen LogP) is 1.68. The Morgan fingerprint density at radius 1 is 1.10 bits per heavy atom. The van der Waals surface area contributed by atoms with E-state index < -0.39 is 61.5 Å². The molecule has 6 atom stereocenters. The van der Waals surface area contributed by atoms with Gasteiger partial charge in [-0.25, -0.2) is 23.7 Å². The number of rotatable bonds is 26. The number of fused-ring (bicyclic) bond motifs is 1. The molecule has 4 rings (SSSR count). The molecule has 0 spiro atoms. The minimum atomic E-state index is -5.78. The van der Waals surface area contributed by atoms with Gasteiger partial charge in [0, 0.05) is 47.6 Å². The molecule has 0 aliphatic carbocycles. The smallest absolute Gasteiger partial charge is 0.490 e. The summed E-state index contributed by atoms with van der Waals surface area (Å²) in [6, 6.07) is 6.44. The summed E-state index contributed by atoms with van der Waals surface area (Å²) in [6.45, 7) is 0.316. The van der Waals surface area contributed by atoms with E-state index in [4.69, 9.17) is 60.5 Å². The molecule has 32 heteroatoms. The number of nitrogens with one attached hydrogen (secondary N) is 2. The normalized spacial score (nSPS) is 18.6. The van der Waals surface area contributed by atoms with Gasteiger partial charge in [-0.15, -0.1) is 0 Å². The first kappa shape index (κ1) is 49.9. The van der Waals surface area contributed by atoms with Crippen LogP contribution < -0.4 is 26.8 Å². The number of carbonyl (C=O) groups is 1. The first-order chi connectivity index (χ1) is 29.5. The molecule has 3 aromatic rings. The number of hydrogen-bond acceptors (Lipinski definition) is 19. The van der Waals surface area contributed by atoms with Crippen molar-refractivity contribution in [2.24, 2.45) is 16.0 Å². The van der Waals surface area contributed by atoms with Crippen LogP contribution in [-0.2, 0) is 45.8 Å². The van der Waals surface area contributed by atoms with Crippen molar-refractivity contribution < 1.29 is 74.9 Å². The maximum absolute atomic E-state index is 12.4. The van der Waals surface area contributed by atoms with Crippen molar-refractivity contribution in [3.8, 4) is 17.6 Å². The van der Waals surface area contributed by atoms with Gasteiger partial charge in [-0.3, -0.25) is 9.32 Å². The molecule has 1 amide bonds. The molecule has 2 aromatic heterocycles. The third kappa shape index (κ3) is 16.5. The van der Waals surface area contributed by atoms with Crippen LogP contribution in [-0.4, -0.2) is 124 Å². The van der Waals surface area contributed by atoms with Crippen molar-refractivity contribution in [3.63, 3.8) is 0 Å². The minimum absolute atomic E-state index is 0.00445. The lowest BCUT2D eigenvalue weighted by atomic mass is 10.2. The van der Waals surface area contributed by atoms with Crippen LogP contribution in [0.1, 0.15) is 28.6 Å². The van der Waals surface area contributed by atoms with Gasteiger partial charge >= 0.3 is 23.5 Å². The van der Waals surface area contributed by atoms with E-state index in [1.807, 2.05) is 0 Å². The second-order valence-corrected chi connectivity index (χ2v) is 16.6. The number of hydrogen-bond donors (Lipinski definition) is 8. The molecule has 29 nitrogen and oxygen atoms in total. The van der Waals surface area contributed by atoms with E-state index in [-0.39, 0.29) is 56.8 Å². The Labute approximate surface area is 351 Å². The Hall–Kier alpha value is -4.74. The van der Waals surface area contributed by atoms with Gasteiger partial charge in [0.15, 0.2) is 6.23 Å². The lowest BCUT2D eigenvalue weighted by Crippen LogP contribution is -2.29. The summed E-state index contributed by atoms with van der Waals surface area (Å²) in [5.41, 5.74) is 30.3. The average molecular weight is 934 g/mol. The number of nitrogens with zero attached hydrogens (tertiary/aromatic N) is 9. The van der Waals surface area contributed by atoms with Gasteiger partial charge in [0.05, 0.1) is 50.0 Å². The molecule has 1 fully saturated rings. The highest BCUT2D eigenvalue weighted by Crippen LogP contribution is 2.66. The maximum Gasteiger partial charge on any atom is 0.490 e. The molecule has 1 aromatic carbocycles. The number of carbonyl (C=O) groups excluding carboxylic acids is 1. The Morgan fingerprint density at radius 3 is 2.65 bits per heavy atom. The van der Waals surface area contributed by atoms with Crippen molar-refractivity contribution in [1.82, 2.24) is 25.2 Å². The van der Waals surface area contributed by atoms with Gasteiger partial charge in [-0.1, -0.05) is 28.1 Å². The van der Waals surface area contributed by atoms with Crippen LogP contribution in [0.15, 0.2) is 47.0 Å². The molecule has 0 bridgehead atoms. The lowest BCUT2D eigenvalue weighted by molar-refractivity contribution is -0.0582. The van der Waals surface area contributed by atoms with Gasteiger partial charge in [-0.2, -0.15) is 8.62 Å². The summed E-state index contributed by atoms with van der Waals surface area (Å²) in [6.07, 6.45) is -1.32. The second-order valence-electron chi connectivity index (χ2n) is 12.2. The zero-order chi connectivity index (χ0) is 45.2. The highest BCUT2D eigenvalue weighted by Gasteiger charge is 2.43. The van der Waals surface area contributed by atoms with E-state index in [1.54, 1.807) is 24.4 Å². The predicted molar refractivity (Wildman–Crippen MR) is 212 cm³/mol. The molecule has 6 unspecified atom stereocenters. The van der Waals surface area contributed by atoms with Crippen molar-refractivity contribution in [2.75, 3.05) is 71.7 Å². The monoisotopic (exact) mass is 933 g/mol. The first-order valence-corrected chi connectivity index (χ1v) is 22.4. The Kier molecular flexibility index (Phi) is 19.5. The molecule has 0 saturated carbocycles. The fourth-order valence-electron chi connectivity index (χ4n) is 5.38. The van der Waals surface area contributed by atoms with Crippen LogP contribution in [0, 0.1) is 11.8 Å². The van der Waals surface area contributed by atoms with Crippen molar-refractivity contribution in [2.45, 2.75) is 31.1 Å². The van der Waals surface area contributed by atoms with Gasteiger partial charge in [0.2, 0.25) is 0 Å². The van der Waals surface area contributed by atoms with Crippen molar-refractivity contribution in [1.29, 1.82) is 0 Å². The van der Waals surface area contributed by atoms with Gasteiger partial charge in [0.1, 0.15) is 49.2 Å². The fraction of sp³-hybridized carbons (Fsp3) is 0.500. The largest absolute Gasteiger partial charge is 0.491 e. The van der Waals surface area contributed by atoms with Crippen LogP contribution in [0.25, 0.3) is 31.9 Å². The zero-order valence-corrected chi connectivity index (χ0v) is 34.9. The molecule has 0 radical (unpaired) electrons. The summed E-state index contributed by atoms with van der Waals surface area (Å²) in [4.78, 5) is 62.8. The Balaban J connectivity index is 1.27. The van der Waals surface area contributed by atoms with E-state index in [2.05, 4.69) is 61.1 Å². The van der Waals surface area contributed by atoms with Crippen LogP contribution >= 0.6 is 23.5 Å². The molecular formula is C30H42N13O16P3. The first-order valence-electron chi connectivity index (χ1n) is 17.9. The molecule has 1 aliphatic rings. The maximum atomic E-state index is 12.4. The van der Waals surface area contributed by atoms with E-state index >= 15 is 0 Å². The number of phosphoric ester groups is 1. The number of azide groups is 2. The summed E-state index contributed by atoms with van der Waals surface area (Å²) < 4.78 is 77.2. The summed E-state index contributed by atoms with van der Waals surface area (Å²) >= 11 is 0. The number of nitrogens with two attached hydrogens (primary N) is 2. The number of phosphoric acid groups is 3. The minimum Gasteiger partial charge on any atom is -0.491 e. The number of aromatic nitrogens is 3.